The molecule has 4 aliphatic rings. The lowest BCUT2D eigenvalue weighted by molar-refractivity contribution is -0.120. The SMILES string of the molecule is O=C1C[C@@H](C2CCCCC2)P(C2CCCCC2)[C@H](C2CCCCC2)C1. The molecule has 0 amide bonds. The van der Waals surface area contributed by atoms with E-state index in [1.165, 1.54) is 96.3 Å². The summed E-state index contributed by atoms with van der Waals surface area (Å²) in [4.78, 5) is 12.8. The number of rotatable bonds is 3. The highest BCUT2D eigenvalue weighted by molar-refractivity contribution is 7.60. The van der Waals surface area contributed by atoms with Crippen molar-refractivity contribution in [1.82, 2.24) is 0 Å². The summed E-state index contributed by atoms with van der Waals surface area (Å²) in [6.07, 6.45) is 23.9. The van der Waals surface area contributed by atoms with E-state index in [4.69, 9.17) is 0 Å². The fraction of sp³-hybridized carbons (Fsp3) is 0.957. The van der Waals surface area contributed by atoms with Gasteiger partial charge in [0.15, 0.2) is 0 Å². The van der Waals surface area contributed by atoms with Gasteiger partial charge in [-0.3, -0.25) is 4.79 Å². The van der Waals surface area contributed by atoms with E-state index < -0.39 is 0 Å². The van der Waals surface area contributed by atoms with Gasteiger partial charge in [-0.25, -0.2) is 0 Å². The Labute approximate surface area is 156 Å². The lowest BCUT2D eigenvalue weighted by atomic mass is 9.82. The average molecular weight is 363 g/mol. The molecule has 0 radical (unpaired) electrons. The topological polar surface area (TPSA) is 17.1 Å². The molecule has 1 saturated heterocycles. The monoisotopic (exact) mass is 362 g/mol. The third-order valence-electron chi connectivity index (χ3n) is 8.02. The largest absolute Gasteiger partial charge is 0.300 e. The molecular formula is C23H39OP. The van der Waals surface area contributed by atoms with Crippen LogP contribution in [0, 0.1) is 11.8 Å². The van der Waals surface area contributed by atoms with E-state index in [0.29, 0.717) is 5.78 Å². The highest BCUT2D eigenvalue weighted by Crippen LogP contribution is 2.65. The Morgan fingerprint density at radius 2 is 0.960 bits per heavy atom. The van der Waals surface area contributed by atoms with Crippen LogP contribution in [0.3, 0.4) is 0 Å². The molecule has 0 N–H and O–H groups in total. The Hall–Kier alpha value is 0.100. The third-order valence-corrected chi connectivity index (χ3v) is 12.1. The standard InChI is InChI=1S/C23H39OP/c24-20-16-22(18-10-4-1-5-11-18)25(21-14-8-3-9-15-21)23(17-20)19-12-6-2-7-13-19/h18-19,21-23H,1-17H2/t22-,23-/m0/s1. The number of hydrogen-bond donors (Lipinski definition) is 0. The van der Waals surface area contributed by atoms with Crippen molar-refractivity contribution in [1.29, 1.82) is 0 Å². The van der Waals surface area contributed by atoms with Gasteiger partial charge in [0.2, 0.25) is 0 Å². The van der Waals surface area contributed by atoms with Crippen LogP contribution in [0.15, 0.2) is 0 Å². The van der Waals surface area contributed by atoms with E-state index in [-0.39, 0.29) is 7.92 Å². The molecule has 0 unspecified atom stereocenters. The maximum absolute atomic E-state index is 12.8. The molecule has 0 aromatic rings. The van der Waals surface area contributed by atoms with Gasteiger partial charge in [0.05, 0.1) is 0 Å². The van der Waals surface area contributed by atoms with Crippen molar-refractivity contribution in [2.75, 3.05) is 0 Å². The van der Waals surface area contributed by atoms with Crippen LogP contribution >= 0.6 is 7.92 Å². The van der Waals surface area contributed by atoms with E-state index in [9.17, 15) is 4.79 Å². The first-order valence-electron chi connectivity index (χ1n) is 11.6. The van der Waals surface area contributed by atoms with Gasteiger partial charge in [-0.2, -0.15) is 0 Å². The fourth-order valence-corrected chi connectivity index (χ4v) is 11.7. The van der Waals surface area contributed by atoms with E-state index in [1.54, 1.807) is 0 Å². The van der Waals surface area contributed by atoms with Crippen LogP contribution in [0.1, 0.15) is 109 Å². The predicted molar refractivity (Wildman–Crippen MR) is 109 cm³/mol. The molecule has 0 bridgehead atoms. The first kappa shape index (κ1) is 18.5. The number of carbonyl (C=O) groups excluding carboxylic acids is 1. The van der Waals surface area contributed by atoms with Crippen molar-refractivity contribution in [3.05, 3.63) is 0 Å². The second-order valence-electron chi connectivity index (χ2n) is 9.62. The Morgan fingerprint density at radius 1 is 0.560 bits per heavy atom. The lowest BCUT2D eigenvalue weighted by Gasteiger charge is -2.50. The van der Waals surface area contributed by atoms with Gasteiger partial charge < -0.3 is 0 Å². The molecule has 25 heavy (non-hydrogen) atoms. The number of Topliss-reactive ketones (excluding diaryl/α,β-unsaturated/α-hetero) is 1. The molecule has 4 fully saturated rings. The summed E-state index contributed by atoms with van der Waals surface area (Å²) >= 11 is 0. The normalized spacial score (nSPS) is 35.1. The summed E-state index contributed by atoms with van der Waals surface area (Å²) < 4.78 is 0. The number of ketones is 1. The highest BCUT2D eigenvalue weighted by Gasteiger charge is 2.46. The van der Waals surface area contributed by atoms with E-state index in [1.807, 2.05) is 0 Å². The summed E-state index contributed by atoms with van der Waals surface area (Å²) in [6.45, 7) is 0. The Morgan fingerprint density at radius 3 is 1.40 bits per heavy atom. The Kier molecular flexibility index (Phi) is 6.54. The van der Waals surface area contributed by atoms with Crippen molar-refractivity contribution in [2.45, 2.75) is 126 Å². The molecule has 1 heterocycles. The van der Waals surface area contributed by atoms with Crippen LogP contribution < -0.4 is 0 Å². The van der Waals surface area contributed by atoms with Crippen molar-refractivity contribution in [3.8, 4) is 0 Å². The predicted octanol–water partition coefficient (Wildman–Crippen LogP) is 7.06. The van der Waals surface area contributed by atoms with Crippen LogP contribution in [0.4, 0.5) is 0 Å². The summed E-state index contributed by atoms with van der Waals surface area (Å²) in [5, 5.41) is 0. The van der Waals surface area contributed by atoms with Gasteiger partial charge in [0, 0.05) is 12.8 Å². The minimum absolute atomic E-state index is 0.0901. The molecule has 0 aromatic heterocycles. The quantitative estimate of drug-likeness (QED) is 0.491. The van der Waals surface area contributed by atoms with Crippen molar-refractivity contribution < 1.29 is 4.79 Å². The van der Waals surface area contributed by atoms with Crippen LogP contribution in [-0.2, 0) is 4.79 Å². The molecular weight excluding hydrogens is 323 g/mol. The third kappa shape index (κ3) is 4.34. The maximum Gasteiger partial charge on any atom is 0.134 e. The molecule has 2 atom stereocenters. The van der Waals surface area contributed by atoms with Gasteiger partial charge in [0.25, 0.3) is 0 Å². The molecule has 0 spiro atoms. The van der Waals surface area contributed by atoms with Crippen LogP contribution in [-0.4, -0.2) is 22.8 Å². The first-order valence-corrected chi connectivity index (χ1v) is 13.2. The zero-order valence-electron chi connectivity index (χ0n) is 16.3. The lowest BCUT2D eigenvalue weighted by Crippen LogP contribution is -2.41. The Balaban J connectivity index is 1.58. The number of carbonyl (C=O) groups is 1. The summed E-state index contributed by atoms with van der Waals surface area (Å²) in [5.74, 6) is 2.48. The van der Waals surface area contributed by atoms with Gasteiger partial charge in [-0.15, -0.1) is 0 Å². The smallest absolute Gasteiger partial charge is 0.134 e. The van der Waals surface area contributed by atoms with Crippen molar-refractivity contribution in [2.24, 2.45) is 11.8 Å². The molecule has 1 nitrogen and oxygen atoms in total. The summed E-state index contributed by atoms with van der Waals surface area (Å²) in [6, 6.07) is 0. The molecule has 1 aliphatic heterocycles. The zero-order valence-corrected chi connectivity index (χ0v) is 17.2. The molecule has 0 aromatic carbocycles. The van der Waals surface area contributed by atoms with Crippen LogP contribution in [0.5, 0.6) is 0 Å². The molecule has 3 saturated carbocycles. The second-order valence-corrected chi connectivity index (χ2v) is 12.6. The maximum atomic E-state index is 12.8. The van der Waals surface area contributed by atoms with E-state index >= 15 is 0 Å². The van der Waals surface area contributed by atoms with Gasteiger partial charge in [0.1, 0.15) is 5.78 Å². The zero-order chi connectivity index (χ0) is 17.1. The molecule has 142 valence electrons. The van der Waals surface area contributed by atoms with Gasteiger partial charge >= 0.3 is 0 Å². The van der Waals surface area contributed by atoms with Crippen molar-refractivity contribution >= 4 is 13.7 Å². The van der Waals surface area contributed by atoms with E-state index in [2.05, 4.69) is 0 Å². The minimum Gasteiger partial charge on any atom is -0.300 e. The Bertz CT molecular complexity index is 399. The van der Waals surface area contributed by atoms with Crippen LogP contribution in [0.25, 0.3) is 0 Å². The van der Waals surface area contributed by atoms with Crippen molar-refractivity contribution in [3.63, 3.8) is 0 Å². The average Bonchev–Trinajstić information content (AvgIpc) is 2.69. The highest BCUT2D eigenvalue weighted by atomic mass is 31.1. The summed E-state index contributed by atoms with van der Waals surface area (Å²) in [7, 11) is 0.0901. The number of hydrogen-bond acceptors (Lipinski definition) is 1. The summed E-state index contributed by atoms with van der Waals surface area (Å²) in [5.41, 5.74) is 2.67. The minimum atomic E-state index is 0.0901. The fourth-order valence-electron chi connectivity index (χ4n) is 6.79. The molecule has 3 aliphatic carbocycles. The van der Waals surface area contributed by atoms with E-state index in [0.717, 1.165) is 41.7 Å². The van der Waals surface area contributed by atoms with Gasteiger partial charge in [-0.05, 0) is 67.3 Å². The molecule has 4 rings (SSSR count). The van der Waals surface area contributed by atoms with Gasteiger partial charge in [-0.1, -0.05) is 65.7 Å². The first-order chi connectivity index (χ1) is 12.3. The molecule has 2 heteroatoms. The second kappa shape index (κ2) is 8.86. The van der Waals surface area contributed by atoms with Crippen LogP contribution in [0.2, 0.25) is 0 Å².